The Morgan fingerprint density at radius 3 is 2.50 bits per heavy atom. The zero-order chi connectivity index (χ0) is 9.03. The predicted octanol–water partition coefficient (Wildman–Crippen LogP) is 0.252. The summed E-state index contributed by atoms with van der Waals surface area (Å²) >= 11 is 0. The fraction of sp³-hybridized carbons (Fsp3) is 0.857. The third-order valence-corrected chi connectivity index (χ3v) is 3.48. The Kier molecular flexibility index (Phi) is 3.08. The van der Waals surface area contributed by atoms with E-state index in [1.165, 1.54) is 6.42 Å². The molecule has 0 aliphatic heterocycles. The van der Waals surface area contributed by atoms with Gasteiger partial charge in [-0.2, -0.15) is 0 Å². The van der Waals surface area contributed by atoms with Crippen molar-refractivity contribution in [1.29, 1.82) is 0 Å². The highest BCUT2D eigenvalue weighted by Gasteiger charge is 2.20. The minimum absolute atomic E-state index is 0.0798. The van der Waals surface area contributed by atoms with Gasteiger partial charge in [0.15, 0.2) is 0 Å². The van der Waals surface area contributed by atoms with Crippen LogP contribution in [0, 0.1) is 5.92 Å². The van der Waals surface area contributed by atoms with Gasteiger partial charge in [0.1, 0.15) is 0 Å². The molecule has 0 atom stereocenters. The van der Waals surface area contributed by atoms with Gasteiger partial charge < -0.3 is 0 Å². The summed E-state index contributed by atoms with van der Waals surface area (Å²) in [6, 6.07) is 0. The molecule has 1 fully saturated rings. The van der Waals surface area contributed by atoms with Gasteiger partial charge in [0.2, 0.25) is 16.4 Å². The maximum absolute atomic E-state index is 10.9. The first-order valence-electron chi connectivity index (χ1n) is 4.08. The molecule has 1 saturated carbocycles. The van der Waals surface area contributed by atoms with Gasteiger partial charge >= 0.3 is 0 Å². The first-order chi connectivity index (χ1) is 5.64. The quantitative estimate of drug-likeness (QED) is 0.634. The lowest BCUT2D eigenvalue weighted by atomic mass is 9.84. The fourth-order valence-electron chi connectivity index (χ4n) is 1.24. The maximum atomic E-state index is 10.9. The zero-order valence-electron chi connectivity index (χ0n) is 6.82. The van der Waals surface area contributed by atoms with E-state index in [4.69, 9.17) is 0 Å². The SMILES string of the molecule is O=CNS(=O)(=O)CCC1CCC1. The molecule has 70 valence electrons. The van der Waals surface area contributed by atoms with Crippen LogP contribution in [0.1, 0.15) is 25.7 Å². The first-order valence-corrected chi connectivity index (χ1v) is 5.73. The molecular formula is C7H13NO3S. The van der Waals surface area contributed by atoms with Crippen LogP contribution in [0.15, 0.2) is 0 Å². The molecule has 12 heavy (non-hydrogen) atoms. The van der Waals surface area contributed by atoms with E-state index >= 15 is 0 Å². The number of amides is 1. The Morgan fingerprint density at radius 2 is 2.08 bits per heavy atom. The molecule has 4 nitrogen and oxygen atoms in total. The molecule has 1 N–H and O–H groups in total. The highest BCUT2D eigenvalue weighted by atomic mass is 32.2. The molecule has 0 radical (unpaired) electrons. The number of carbonyl (C=O) groups is 1. The van der Waals surface area contributed by atoms with E-state index in [1.807, 2.05) is 4.72 Å². The minimum atomic E-state index is -3.32. The molecule has 0 aromatic carbocycles. The molecule has 1 aliphatic carbocycles. The topological polar surface area (TPSA) is 63.2 Å². The summed E-state index contributed by atoms with van der Waals surface area (Å²) < 4.78 is 23.7. The lowest BCUT2D eigenvalue weighted by molar-refractivity contribution is -0.108. The average Bonchev–Trinajstić information content (AvgIpc) is 1.82. The van der Waals surface area contributed by atoms with Crippen molar-refractivity contribution in [2.75, 3.05) is 5.75 Å². The van der Waals surface area contributed by atoms with E-state index in [0.717, 1.165) is 12.8 Å². The lowest BCUT2D eigenvalue weighted by Gasteiger charge is -2.24. The molecular weight excluding hydrogens is 178 g/mol. The van der Waals surface area contributed by atoms with Gasteiger partial charge in [-0.3, -0.25) is 9.52 Å². The largest absolute Gasteiger partial charge is 0.278 e. The van der Waals surface area contributed by atoms with Gasteiger partial charge in [-0.05, 0) is 12.3 Å². The average molecular weight is 191 g/mol. The van der Waals surface area contributed by atoms with E-state index in [2.05, 4.69) is 0 Å². The van der Waals surface area contributed by atoms with Crippen molar-refractivity contribution in [3.63, 3.8) is 0 Å². The molecule has 0 saturated heterocycles. The van der Waals surface area contributed by atoms with E-state index in [0.29, 0.717) is 12.3 Å². The van der Waals surface area contributed by atoms with Crippen LogP contribution in [0.5, 0.6) is 0 Å². The summed E-state index contributed by atoms with van der Waals surface area (Å²) in [6.45, 7) is 0. The van der Waals surface area contributed by atoms with Crippen molar-refractivity contribution in [3.05, 3.63) is 0 Å². The van der Waals surface area contributed by atoms with Crippen LogP contribution in [0.4, 0.5) is 0 Å². The van der Waals surface area contributed by atoms with Crippen molar-refractivity contribution in [1.82, 2.24) is 4.72 Å². The zero-order valence-corrected chi connectivity index (χ0v) is 7.64. The second-order valence-electron chi connectivity index (χ2n) is 3.14. The van der Waals surface area contributed by atoms with Gasteiger partial charge in [0.05, 0.1) is 5.75 Å². The van der Waals surface area contributed by atoms with E-state index in [1.54, 1.807) is 0 Å². The van der Waals surface area contributed by atoms with Crippen molar-refractivity contribution < 1.29 is 13.2 Å². The number of rotatable bonds is 5. The number of sulfonamides is 1. The number of hydrogen-bond acceptors (Lipinski definition) is 3. The Labute approximate surface area is 72.4 Å². The van der Waals surface area contributed by atoms with Crippen LogP contribution >= 0.6 is 0 Å². The maximum Gasteiger partial charge on any atom is 0.234 e. The molecule has 5 heteroatoms. The van der Waals surface area contributed by atoms with Crippen LogP contribution in [-0.2, 0) is 14.8 Å². The van der Waals surface area contributed by atoms with E-state index < -0.39 is 10.0 Å². The smallest absolute Gasteiger partial charge is 0.234 e. The molecule has 0 spiro atoms. The minimum Gasteiger partial charge on any atom is -0.278 e. The standard InChI is InChI=1S/C7H13NO3S/c9-6-8-12(10,11)5-4-7-2-1-3-7/h6-7H,1-5H2,(H,8,9). The molecule has 0 unspecified atom stereocenters. The number of nitrogens with one attached hydrogen (secondary N) is 1. The third kappa shape index (κ3) is 2.81. The van der Waals surface area contributed by atoms with Crippen LogP contribution < -0.4 is 4.72 Å². The van der Waals surface area contributed by atoms with Crippen molar-refractivity contribution in [2.45, 2.75) is 25.7 Å². The third-order valence-electron chi connectivity index (χ3n) is 2.25. The molecule has 0 bridgehead atoms. The fourth-order valence-corrected chi connectivity index (χ4v) is 2.14. The Balaban J connectivity index is 2.24. The van der Waals surface area contributed by atoms with Gasteiger partial charge in [0.25, 0.3) is 0 Å². The van der Waals surface area contributed by atoms with Crippen molar-refractivity contribution >= 4 is 16.4 Å². The summed E-state index contributed by atoms with van der Waals surface area (Å²) in [5, 5.41) is 0. The molecule has 1 rings (SSSR count). The lowest BCUT2D eigenvalue weighted by Crippen LogP contribution is -2.27. The summed E-state index contributed by atoms with van der Waals surface area (Å²) in [5.41, 5.74) is 0. The van der Waals surface area contributed by atoms with Crippen LogP contribution in [0.3, 0.4) is 0 Å². The number of hydrogen-bond donors (Lipinski definition) is 1. The molecule has 0 aromatic rings. The van der Waals surface area contributed by atoms with Crippen molar-refractivity contribution in [2.24, 2.45) is 5.92 Å². The Morgan fingerprint density at radius 1 is 1.42 bits per heavy atom. The first kappa shape index (κ1) is 9.51. The van der Waals surface area contributed by atoms with E-state index in [9.17, 15) is 13.2 Å². The summed E-state index contributed by atoms with van der Waals surface area (Å²) in [6.07, 6.45) is 4.39. The van der Waals surface area contributed by atoms with Gasteiger partial charge in [0, 0.05) is 0 Å². The summed E-state index contributed by atoms with van der Waals surface area (Å²) in [7, 11) is -3.32. The van der Waals surface area contributed by atoms with Gasteiger partial charge in [-0.15, -0.1) is 0 Å². The second kappa shape index (κ2) is 3.89. The molecule has 0 aromatic heterocycles. The monoisotopic (exact) mass is 191 g/mol. The van der Waals surface area contributed by atoms with Gasteiger partial charge in [-0.1, -0.05) is 19.3 Å². The Bertz CT molecular complexity index is 243. The van der Waals surface area contributed by atoms with Gasteiger partial charge in [-0.25, -0.2) is 8.42 Å². The molecule has 1 amide bonds. The summed E-state index contributed by atoms with van der Waals surface area (Å²) in [4.78, 5) is 9.86. The highest BCUT2D eigenvalue weighted by molar-refractivity contribution is 7.89. The summed E-state index contributed by atoms with van der Waals surface area (Å²) in [5.74, 6) is 0.643. The Hall–Kier alpha value is -0.580. The highest BCUT2D eigenvalue weighted by Crippen LogP contribution is 2.29. The predicted molar refractivity (Wildman–Crippen MR) is 44.9 cm³/mol. The second-order valence-corrected chi connectivity index (χ2v) is 5.01. The van der Waals surface area contributed by atoms with Crippen LogP contribution in [0.25, 0.3) is 0 Å². The van der Waals surface area contributed by atoms with Crippen molar-refractivity contribution in [3.8, 4) is 0 Å². The van der Waals surface area contributed by atoms with Crippen LogP contribution in [0.2, 0.25) is 0 Å². The van der Waals surface area contributed by atoms with Crippen LogP contribution in [-0.4, -0.2) is 20.6 Å². The molecule has 0 heterocycles. The molecule has 1 aliphatic rings. The normalized spacial score (nSPS) is 18.3. The van der Waals surface area contributed by atoms with E-state index in [-0.39, 0.29) is 12.2 Å². The number of carbonyl (C=O) groups excluding carboxylic acids is 1.